The number of nitrogens with one attached hydrogen (secondary N) is 1. The molecule has 0 bridgehead atoms. The molecule has 0 spiro atoms. The molecule has 0 saturated carbocycles. The summed E-state index contributed by atoms with van der Waals surface area (Å²) < 4.78 is 12.9. The minimum Gasteiger partial charge on any atom is -0.382 e. The maximum Gasteiger partial charge on any atom is 0.275 e. The van der Waals surface area contributed by atoms with E-state index in [1.807, 2.05) is 0 Å². The SMILES string of the molecule is Cc1cc(F)ccc1NC(=O)c1cncc(N)n1. The summed E-state index contributed by atoms with van der Waals surface area (Å²) in [6, 6.07) is 4.09. The Morgan fingerprint density at radius 1 is 1.39 bits per heavy atom. The molecule has 2 aromatic rings. The molecule has 92 valence electrons. The number of nitrogens with two attached hydrogens (primary N) is 1. The number of hydrogen-bond acceptors (Lipinski definition) is 4. The number of benzene rings is 1. The van der Waals surface area contributed by atoms with E-state index in [-0.39, 0.29) is 17.3 Å². The zero-order valence-electron chi connectivity index (χ0n) is 9.64. The van der Waals surface area contributed by atoms with E-state index in [1.165, 1.54) is 30.6 Å². The van der Waals surface area contributed by atoms with Gasteiger partial charge in [-0.3, -0.25) is 9.78 Å². The first-order valence-corrected chi connectivity index (χ1v) is 5.21. The fourth-order valence-corrected chi connectivity index (χ4v) is 1.44. The van der Waals surface area contributed by atoms with Crippen molar-refractivity contribution in [1.29, 1.82) is 0 Å². The molecule has 1 aromatic heterocycles. The van der Waals surface area contributed by atoms with Crippen molar-refractivity contribution in [3.05, 3.63) is 47.7 Å². The second-order valence-electron chi connectivity index (χ2n) is 3.74. The van der Waals surface area contributed by atoms with E-state index in [2.05, 4.69) is 15.3 Å². The van der Waals surface area contributed by atoms with Gasteiger partial charge >= 0.3 is 0 Å². The van der Waals surface area contributed by atoms with Crippen molar-refractivity contribution in [2.75, 3.05) is 11.1 Å². The zero-order chi connectivity index (χ0) is 13.1. The molecule has 5 nitrogen and oxygen atoms in total. The van der Waals surface area contributed by atoms with Crippen molar-refractivity contribution in [2.45, 2.75) is 6.92 Å². The standard InChI is InChI=1S/C12H11FN4O/c1-7-4-8(13)2-3-9(7)17-12(18)10-5-15-6-11(14)16-10/h2-6H,1H3,(H2,14,16)(H,17,18). The third-order valence-corrected chi connectivity index (χ3v) is 2.32. The summed E-state index contributed by atoms with van der Waals surface area (Å²) in [6.07, 6.45) is 2.66. The second-order valence-corrected chi connectivity index (χ2v) is 3.74. The van der Waals surface area contributed by atoms with Gasteiger partial charge in [-0.25, -0.2) is 9.37 Å². The third-order valence-electron chi connectivity index (χ3n) is 2.32. The van der Waals surface area contributed by atoms with E-state index in [9.17, 15) is 9.18 Å². The Labute approximate surface area is 103 Å². The Bertz CT molecular complexity index is 600. The molecule has 18 heavy (non-hydrogen) atoms. The van der Waals surface area contributed by atoms with Crippen molar-refractivity contribution >= 4 is 17.4 Å². The third kappa shape index (κ3) is 2.60. The summed E-state index contributed by atoms with van der Waals surface area (Å²) in [6.45, 7) is 1.70. The first-order chi connectivity index (χ1) is 8.56. The maximum absolute atomic E-state index is 12.9. The lowest BCUT2D eigenvalue weighted by molar-refractivity contribution is 0.102. The number of nitrogens with zero attached hydrogens (tertiary/aromatic N) is 2. The molecule has 0 radical (unpaired) electrons. The number of amides is 1. The van der Waals surface area contributed by atoms with Gasteiger partial charge in [-0.05, 0) is 30.7 Å². The van der Waals surface area contributed by atoms with Crippen molar-refractivity contribution in [1.82, 2.24) is 9.97 Å². The van der Waals surface area contributed by atoms with Crippen LogP contribution in [0.3, 0.4) is 0 Å². The van der Waals surface area contributed by atoms with Gasteiger partial charge in [0.05, 0.1) is 12.4 Å². The number of aromatic nitrogens is 2. The molecule has 1 aromatic carbocycles. The number of aryl methyl sites for hydroxylation is 1. The van der Waals surface area contributed by atoms with Crippen LogP contribution in [0.25, 0.3) is 0 Å². The Kier molecular flexibility index (Phi) is 3.18. The monoisotopic (exact) mass is 246 g/mol. The molecule has 0 unspecified atom stereocenters. The minimum absolute atomic E-state index is 0.110. The van der Waals surface area contributed by atoms with Gasteiger partial charge in [0.15, 0.2) is 0 Å². The normalized spacial score (nSPS) is 10.1. The lowest BCUT2D eigenvalue weighted by Crippen LogP contribution is -2.15. The van der Waals surface area contributed by atoms with E-state index in [1.54, 1.807) is 6.92 Å². The summed E-state index contributed by atoms with van der Waals surface area (Å²) in [5.41, 5.74) is 6.69. The van der Waals surface area contributed by atoms with Gasteiger partial charge in [-0.15, -0.1) is 0 Å². The highest BCUT2D eigenvalue weighted by atomic mass is 19.1. The minimum atomic E-state index is -0.440. The molecule has 3 N–H and O–H groups in total. The number of carbonyl (C=O) groups is 1. The van der Waals surface area contributed by atoms with E-state index in [4.69, 9.17) is 5.73 Å². The van der Waals surface area contributed by atoms with Crippen LogP contribution in [0.15, 0.2) is 30.6 Å². The highest BCUT2D eigenvalue weighted by Gasteiger charge is 2.10. The topological polar surface area (TPSA) is 80.9 Å². The van der Waals surface area contributed by atoms with Crippen LogP contribution in [-0.2, 0) is 0 Å². The van der Waals surface area contributed by atoms with E-state index in [0.717, 1.165) is 0 Å². The van der Waals surface area contributed by atoms with Crippen LogP contribution in [0.5, 0.6) is 0 Å². The summed E-state index contributed by atoms with van der Waals surface area (Å²) >= 11 is 0. The van der Waals surface area contributed by atoms with Gasteiger partial charge in [0.2, 0.25) is 0 Å². The smallest absolute Gasteiger partial charge is 0.275 e. The molecular weight excluding hydrogens is 235 g/mol. The van der Waals surface area contributed by atoms with Crippen molar-refractivity contribution in [3.8, 4) is 0 Å². The largest absolute Gasteiger partial charge is 0.382 e. The predicted octanol–water partition coefficient (Wildman–Crippen LogP) is 1.76. The molecule has 0 fully saturated rings. The van der Waals surface area contributed by atoms with Gasteiger partial charge in [0, 0.05) is 5.69 Å². The van der Waals surface area contributed by atoms with E-state index >= 15 is 0 Å². The van der Waals surface area contributed by atoms with Crippen LogP contribution in [0.1, 0.15) is 16.1 Å². The van der Waals surface area contributed by atoms with Crippen molar-refractivity contribution in [2.24, 2.45) is 0 Å². The van der Waals surface area contributed by atoms with Crippen molar-refractivity contribution in [3.63, 3.8) is 0 Å². The molecule has 2 rings (SSSR count). The summed E-state index contributed by atoms with van der Waals surface area (Å²) in [4.78, 5) is 19.5. The Morgan fingerprint density at radius 3 is 2.83 bits per heavy atom. The van der Waals surface area contributed by atoms with E-state index < -0.39 is 5.91 Å². The summed E-state index contributed by atoms with van der Waals surface area (Å²) in [7, 11) is 0. The van der Waals surface area contributed by atoms with Gasteiger partial charge < -0.3 is 11.1 Å². The van der Waals surface area contributed by atoms with Crippen LogP contribution in [0, 0.1) is 12.7 Å². The average molecular weight is 246 g/mol. The lowest BCUT2D eigenvalue weighted by atomic mass is 10.2. The highest BCUT2D eigenvalue weighted by molar-refractivity contribution is 6.03. The predicted molar refractivity (Wildman–Crippen MR) is 65.5 cm³/mol. The second kappa shape index (κ2) is 4.79. The number of rotatable bonds is 2. The lowest BCUT2D eigenvalue weighted by Gasteiger charge is -2.07. The molecule has 6 heteroatoms. The molecule has 0 aliphatic carbocycles. The first kappa shape index (κ1) is 12.0. The Morgan fingerprint density at radius 2 is 2.17 bits per heavy atom. The molecule has 0 aliphatic heterocycles. The number of carbonyl (C=O) groups excluding carboxylic acids is 1. The van der Waals surface area contributed by atoms with Gasteiger partial charge in [0.1, 0.15) is 17.3 Å². The molecule has 0 saturated heterocycles. The summed E-state index contributed by atoms with van der Waals surface area (Å²) in [5.74, 6) is -0.628. The van der Waals surface area contributed by atoms with E-state index in [0.29, 0.717) is 11.3 Å². The number of hydrogen-bond donors (Lipinski definition) is 2. The molecule has 0 atom stereocenters. The van der Waals surface area contributed by atoms with Crippen molar-refractivity contribution < 1.29 is 9.18 Å². The van der Waals surface area contributed by atoms with Crippen LogP contribution in [0.4, 0.5) is 15.9 Å². The van der Waals surface area contributed by atoms with Gasteiger partial charge in [-0.1, -0.05) is 0 Å². The Hall–Kier alpha value is -2.50. The molecule has 1 heterocycles. The number of nitrogen functional groups attached to an aromatic ring is 1. The van der Waals surface area contributed by atoms with Crippen LogP contribution in [-0.4, -0.2) is 15.9 Å². The molecule has 1 amide bonds. The summed E-state index contributed by atoms with van der Waals surface area (Å²) in [5, 5.41) is 2.62. The first-order valence-electron chi connectivity index (χ1n) is 5.21. The maximum atomic E-state index is 12.9. The van der Waals surface area contributed by atoms with Crippen LogP contribution >= 0.6 is 0 Å². The van der Waals surface area contributed by atoms with Crippen LogP contribution < -0.4 is 11.1 Å². The quantitative estimate of drug-likeness (QED) is 0.846. The zero-order valence-corrected chi connectivity index (χ0v) is 9.64. The highest BCUT2D eigenvalue weighted by Crippen LogP contribution is 2.16. The Balaban J connectivity index is 2.21. The fourth-order valence-electron chi connectivity index (χ4n) is 1.44. The fraction of sp³-hybridized carbons (Fsp3) is 0.0833. The van der Waals surface area contributed by atoms with Gasteiger partial charge in [-0.2, -0.15) is 0 Å². The number of anilines is 2. The molecular formula is C12H11FN4O. The van der Waals surface area contributed by atoms with Gasteiger partial charge in [0.25, 0.3) is 5.91 Å². The number of halogens is 1. The molecule has 0 aliphatic rings. The average Bonchev–Trinajstić information content (AvgIpc) is 2.32. The van der Waals surface area contributed by atoms with Crippen LogP contribution in [0.2, 0.25) is 0 Å².